The lowest BCUT2D eigenvalue weighted by Crippen LogP contribution is -2.46. The van der Waals surface area contributed by atoms with Gasteiger partial charge in [-0.25, -0.2) is 4.98 Å². The monoisotopic (exact) mass is 378 g/mol. The van der Waals surface area contributed by atoms with Crippen molar-refractivity contribution in [3.8, 4) is 5.75 Å². The molecule has 7 heteroatoms. The van der Waals surface area contributed by atoms with Crippen molar-refractivity contribution < 1.29 is 9.66 Å². The fraction of sp³-hybridized carbons (Fsp3) is 0.286. The minimum Gasteiger partial charge on any atom is -0.497 e. The summed E-state index contributed by atoms with van der Waals surface area (Å²) >= 11 is 0. The summed E-state index contributed by atoms with van der Waals surface area (Å²) in [4.78, 5) is 19.8. The predicted octanol–water partition coefficient (Wildman–Crippen LogP) is 3.79. The molecule has 0 amide bonds. The van der Waals surface area contributed by atoms with E-state index in [2.05, 4.69) is 22.8 Å². The summed E-state index contributed by atoms with van der Waals surface area (Å²) in [5.74, 6) is 1.78. The third-order valence-electron chi connectivity index (χ3n) is 5.24. The van der Waals surface area contributed by atoms with E-state index in [-0.39, 0.29) is 10.6 Å². The first kappa shape index (κ1) is 18.0. The van der Waals surface area contributed by atoms with Gasteiger partial charge in [0.25, 0.3) is 5.69 Å². The van der Waals surface area contributed by atoms with Gasteiger partial charge in [0.05, 0.1) is 17.5 Å². The number of piperazine rings is 1. The minimum atomic E-state index is -0.371. The number of rotatable bonds is 4. The Balaban J connectivity index is 1.51. The van der Waals surface area contributed by atoms with E-state index in [9.17, 15) is 10.1 Å². The fourth-order valence-corrected chi connectivity index (χ4v) is 3.63. The van der Waals surface area contributed by atoms with Crippen LogP contribution in [0.15, 0.2) is 48.5 Å². The Hall–Kier alpha value is -3.35. The fourth-order valence-electron chi connectivity index (χ4n) is 3.63. The highest BCUT2D eigenvalue weighted by molar-refractivity contribution is 5.85. The van der Waals surface area contributed by atoms with Crippen LogP contribution in [-0.2, 0) is 0 Å². The molecule has 4 rings (SSSR count). The van der Waals surface area contributed by atoms with Gasteiger partial charge in [-0.15, -0.1) is 0 Å². The van der Waals surface area contributed by atoms with Gasteiger partial charge < -0.3 is 14.5 Å². The van der Waals surface area contributed by atoms with Crippen LogP contribution in [-0.4, -0.2) is 43.2 Å². The zero-order valence-electron chi connectivity index (χ0n) is 16.0. The molecule has 1 aliphatic heterocycles. The van der Waals surface area contributed by atoms with Gasteiger partial charge in [-0.1, -0.05) is 0 Å². The molecule has 1 aliphatic rings. The van der Waals surface area contributed by atoms with Crippen molar-refractivity contribution >= 4 is 28.1 Å². The highest BCUT2D eigenvalue weighted by Crippen LogP contribution is 2.27. The van der Waals surface area contributed by atoms with E-state index in [1.165, 1.54) is 5.56 Å². The molecule has 3 aromatic rings. The van der Waals surface area contributed by atoms with E-state index in [0.29, 0.717) is 0 Å². The van der Waals surface area contributed by atoms with Crippen molar-refractivity contribution in [3.05, 3.63) is 64.2 Å². The quantitative estimate of drug-likeness (QED) is 0.508. The molecule has 1 saturated heterocycles. The van der Waals surface area contributed by atoms with Crippen LogP contribution < -0.4 is 14.5 Å². The number of hydrogen-bond donors (Lipinski definition) is 0. The topological polar surface area (TPSA) is 71.7 Å². The molecule has 2 aromatic carbocycles. The number of benzene rings is 2. The maximum absolute atomic E-state index is 10.8. The Bertz CT molecular complexity index is 1010. The number of hydrogen-bond acceptors (Lipinski definition) is 6. The molecule has 1 fully saturated rings. The number of anilines is 2. The molecular formula is C21H22N4O3. The summed E-state index contributed by atoms with van der Waals surface area (Å²) in [6.07, 6.45) is 0. The van der Waals surface area contributed by atoms with Gasteiger partial charge in [0.1, 0.15) is 11.6 Å². The largest absolute Gasteiger partial charge is 0.497 e. The summed E-state index contributed by atoms with van der Waals surface area (Å²) in [5.41, 5.74) is 3.26. The van der Waals surface area contributed by atoms with Crippen LogP contribution in [0.5, 0.6) is 5.75 Å². The van der Waals surface area contributed by atoms with E-state index in [0.717, 1.165) is 54.3 Å². The lowest BCUT2D eigenvalue weighted by Gasteiger charge is -2.37. The molecule has 7 nitrogen and oxygen atoms in total. The van der Waals surface area contributed by atoms with Crippen LogP contribution in [0.1, 0.15) is 5.56 Å². The van der Waals surface area contributed by atoms with Crippen molar-refractivity contribution in [2.24, 2.45) is 0 Å². The Morgan fingerprint density at radius 2 is 1.68 bits per heavy atom. The number of fused-ring (bicyclic) bond motifs is 1. The minimum absolute atomic E-state index is 0.119. The number of nitro benzene ring substituents is 1. The van der Waals surface area contributed by atoms with Gasteiger partial charge in [0.15, 0.2) is 0 Å². The number of aryl methyl sites for hydroxylation is 1. The lowest BCUT2D eigenvalue weighted by atomic mass is 10.1. The third kappa shape index (κ3) is 3.43. The molecule has 0 atom stereocenters. The summed E-state index contributed by atoms with van der Waals surface area (Å²) in [7, 11) is 1.66. The van der Waals surface area contributed by atoms with Crippen molar-refractivity contribution in [1.82, 2.24) is 4.98 Å². The van der Waals surface area contributed by atoms with Gasteiger partial charge in [-0.3, -0.25) is 10.1 Å². The van der Waals surface area contributed by atoms with E-state index in [1.54, 1.807) is 19.2 Å². The Kier molecular flexibility index (Phi) is 4.73. The number of ether oxygens (including phenoxy) is 1. The molecule has 0 saturated carbocycles. The summed E-state index contributed by atoms with van der Waals surface area (Å²) < 4.78 is 5.33. The SMILES string of the molecule is COc1ccc2c(C)cc(N3CCN(c4ccc([N+](=O)[O-])cc4)CC3)nc2c1. The van der Waals surface area contributed by atoms with Crippen molar-refractivity contribution in [2.75, 3.05) is 43.1 Å². The Morgan fingerprint density at radius 3 is 2.32 bits per heavy atom. The predicted molar refractivity (Wildman–Crippen MR) is 111 cm³/mol. The average Bonchev–Trinajstić information content (AvgIpc) is 2.73. The Morgan fingerprint density at radius 1 is 1.00 bits per heavy atom. The standard InChI is InChI=1S/C21H22N4O3/c1-15-13-21(22-20-14-18(28-2)7-8-19(15)20)24-11-9-23(10-12-24)16-3-5-17(6-4-16)25(26)27/h3-8,13-14H,9-12H2,1-2H3. The maximum Gasteiger partial charge on any atom is 0.269 e. The molecule has 0 spiro atoms. The number of methoxy groups -OCH3 is 1. The van der Waals surface area contributed by atoms with Gasteiger partial charge in [0.2, 0.25) is 0 Å². The van der Waals surface area contributed by atoms with Crippen LogP contribution >= 0.6 is 0 Å². The first-order valence-corrected chi connectivity index (χ1v) is 9.25. The Labute approximate surface area is 163 Å². The number of non-ortho nitro benzene ring substituents is 1. The summed E-state index contributed by atoms with van der Waals surface area (Å²) in [5, 5.41) is 12.0. The number of nitro groups is 1. The van der Waals surface area contributed by atoms with E-state index in [1.807, 2.05) is 30.3 Å². The number of aromatic nitrogens is 1. The molecule has 0 aliphatic carbocycles. The second-order valence-electron chi connectivity index (χ2n) is 6.93. The third-order valence-corrected chi connectivity index (χ3v) is 5.24. The highest BCUT2D eigenvalue weighted by atomic mass is 16.6. The molecule has 0 radical (unpaired) electrons. The van der Waals surface area contributed by atoms with Crippen LogP contribution in [0, 0.1) is 17.0 Å². The van der Waals surface area contributed by atoms with Crippen LogP contribution in [0.4, 0.5) is 17.2 Å². The van der Waals surface area contributed by atoms with Gasteiger partial charge >= 0.3 is 0 Å². The van der Waals surface area contributed by atoms with Crippen LogP contribution in [0.25, 0.3) is 10.9 Å². The summed E-state index contributed by atoms with van der Waals surface area (Å²) in [6, 6.07) is 14.9. The maximum atomic E-state index is 10.8. The smallest absolute Gasteiger partial charge is 0.269 e. The van der Waals surface area contributed by atoms with Crippen molar-refractivity contribution in [2.45, 2.75) is 6.92 Å². The van der Waals surface area contributed by atoms with Gasteiger partial charge in [-0.05, 0) is 42.8 Å². The van der Waals surface area contributed by atoms with E-state index < -0.39 is 0 Å². The van der Waals surface area contributed by atoms with Crippen LogP contribution in [0.3, 0.4) is 0 Å². The molecule has 2 heterocycles. The van der Waals surface area contributed by atoms with Crippen molar-refractivity contribution in [1.29, 1.82) is 0 Å². The second kappa shape index (κ2) is 7.34. The van der Waals surface area contributed by atoms with Gasteiger partial charge in [0, 0.05) is 55.5 Å². The molecule has 0 N–H and O–H groups in total. The first-order chi connectivity index (χ1) is 13.5. The zero-order chi connectivity index (χ0) is 19.7. The van der Waals surface area contributed by atoms with Gasteiger partial charge in [-0.2, -0.15) is 0 Å². The second-order valence-corrected chi connectivity index (χ2v) is 6.93. The average molecular weight is 378 g/mol. The molecule has 144 valence electrons. The van der Waals surface area contributed by atoms with Crippen molar-refractivity contribution in [3.63, 3.8) is 0 Å². The number of nitrogens with zero attached hydrogens (tertiary/aromatic N) is 4. The molecule has 0 unspecified atom stereocenters. The summed E-state index contributed by atoms with van der Waals surface area (Å²) in [6.45, 7) is 5.48. The highest BCUT2D eigenvalue weighted by Gasteiger charge is 2.20. The molecule has 0 bridgehead atoms. The van der Waals surface area contributed by atoms with E-state index >= 15 is 0 Å². The molecule has 28 heavy (non-hydrogen) atoms. The lowest BCUT2D eigenvalue weighted by molar-refractivity contribution is -0.384. The number of pyridine rings is 1. The molecular weight excluding hydrogens is 356 g/mol. The normalized spacial score (nSPS) is 14.4. The first-order valence-electron chi connectivity index (χ1n) is 9.25. The zero-order valence-corrected chi connectivity index (χ0v) is 16.0. The molecule has 1 aromatic heterocycles. The van der Waals surface area contributed by atoms with E-state index in [4.69, 9.17) is 9.72 Å². The van der Waals surface area contributed by atoms with Crippen LogP contribution in [0.2, 0.25) is 0 Å².